The van der Waals surface area contributed by atoms with E-state index in [4.69, 9.17) is 14.9 Å². The first-order valence-electron chi connectivity index (χ1n) is 5.24. The van der Waals surface area contributed by atoms with E-state index < -0.39 is 5.97 Å². The molecule has 1 aromatic rings. The zero-order chi connectivity index (χ0) is 11.8. The SMILES string of the molecule is O=C(O)C1CCOCC1.Oc1ccccc1. The van der Waals surface area contributed by atoms with Crippen LogP contribution >= 0.6 is 0 Å². The summed E-state index contributed by atoms with van der Waals surface area (Å²) in [5.74, 6) is -0.514. The number of carboxylic acid groups (broad SMARTS) is 1. The van der Waals surface area contributed by atoms with Crippen LogP contribution in [0.1, 0.15) is 12.8 Å². The lowest BCUT2D eigenvalue weighted by Crippen LogP contribution is -2.22. The Kier molecular flexibility index (Phi) is 5.36. The minimum absolute atomic E-state index is 0.154. The highest BCUT2D eigenvalue weighted by atomic mass is 16.5. The van der Waals surface area contributed by atoms with Gasteiger partial charge in [-0.3, -0.25) is 4.79 Å². The molecule has 1 aliphatic heterocycles. The van der Waals surface area contributed by atoms with Gasteiger partial charge in [0.25, 0.3) is 0 Å². The second kappa shape index (κ2) is 6.85. The molecule has 0 bridgehead atoms. The van der Waals surface area contributed by atoms with Gasteiger partial charge >= 0.3 is 5.97 Å². The number of carbonyl (C=O) groups is 1. The lowest BCUT2D eigenvalue weighted by Gasteiger charge is -2.17. The van der Waals surface area contributed by atoms with E-state index in [0.717, 1.165) is 0 Å². The number of aromatic hydroxyl groups is 1. The normalized spacial score (nSPS) is 16.0. The quantitative estimate of drug-likeness (QED) is 0.764. The third-order valence-corrected chi connectivity index (χ3v) is 2.33. The molecule has 1 saturated heterocycles. The molecule has 1 heterocycles. The van der Waals surface area contributed by atoms with Crippen LogP contribution in [-0.4, -0.2) is 29.4 Å². The fourth-order valence-electron chi connectivity index (χ4n) is 1.37. The first-order chi connectivity index (χ1) is 7.70. The van der Waals surface area contributed by atoms with Gasteiger partial charge in [-0.15, -0.1) is 0 Å². The van der Waals surface area contributed by atoms with Crippen molar-refractivity contribution in [2.75, 3.05) is 13.2 Å². The summed E-state index contributed by atoms with van der Waals surface area (Å²) in [5, 5.41) is 17.1. The summed E-state index contributed by atoms with van der Waals surface area (Å²) in [6, 6.07) is 8.71. The number of phenols is 1. The highest BCUT2D eigenvalue weighted by molar-refractivity contribution is 5.69. The lowest BCUT2D eigenvalue weighted by molar-refractivity contribution is -0.144. The van der Waals surface area contributed by atoms with Crippen molar-refractivity contribution in [1.29, 1.82) is 0 Å². The Morgan fingerprint density at radius 3 is 2.06 bits per heavy atom. The van der Waals surface area contributed by atoms with E-state index in [1.165, 1.54) is 0 Å². The molecular weight excluding hydrogens is 208 g/mol. The van der Waals surface area contributed by atoms with Crippen molar-refractivity contribution in [3.63, 3.8) is 0 Å². The third-order valence-electron chi connectivity index (χ3n) is 2.33. The molecule has 2 rings (SSSR count). The lowest BCUT2D eigenvalue weighted by atomic mass is 10.0. The van der Waals surface area contributed by atoms with Crippen LogP contribution in [0.5, 0.6) is 5.75 Å². The van der Waals surface area contributed by atoms with E-state index in [9.17, 15) is 4.79 Å². The predicted molar refractivity (Wildman–Crippen MR) is 59.3 cm³/mol. The largest absolute Gasteiger partial charge is 0.508 e. The Labute approximate surface area is 94.5 Å². The van der Waals surface area contributed by atoms with Crippen molar-refractivity contribution < 1.29 is 19.7 Å². The highest BCUT2D eigenvalue weighted by Gasteiger charge is 2.19. The molecule has 4 nitrogen and oxygen atoms in total. The molecule has 0 atom stereocenters. The molecule has 0 spiro atoms. The average Bonchev–Trinajstić information content (AvgIpc) is 2.32. The van der Waals surface area contributed by atoms with E-state index in [2.05, 4.69) is 0 Å². The number of phenolic OH excluding ortho intramolecular Hbond substituents is 1. The molecular formula is C12H16O4. The van der Waals surface area contributed by atoms with E-state index in [0.29, 0.717) is 31.8 Å². The third kappa shape index (κ3) is 4.79. The number of hydrogen-bond donors (Lipinski definition) is 2. The number of benzene rings is 1. The fraction of sp³-hybridized carbons (Fsp3) is 0.417. The molecule has 0 saturated carbocycles. The standard InChI is InChI=1S/C6H10O3.C6H6O/c7-6(8)5-1-3-9-4-2-5;7-6-4-2-1-3-5-6/h5H,1-4H2,(H,7,8);1-5,7H. The summed E-state index contributed by atoms with van der Waals surface area (Å²) < 4.78 is 4.99. The molecule has 1 aromatic carbocycles. The summed E-state index contributed by atoms with van der Waals surface area (Å²) in [6.45, 7) is 1.22. The average molecular weight is 224 g/mol. The van der Waals surface area contributed by atoms with Gasteiger partial charge in [-0.05, 0) is 25.0 Å². The Morgan fingerprint density at radius 2 is 1.75 bits per heavy atom. The van der Waals surface area contributed by atoms with Crippen molar-refractivity contribution in [3.05, 3.63) is 30.3 Å². The van der Waals surface area contributed by atoms with Gasteiger partial charge in [-0.25, -0.2) is 0 Å². The van der Waals surface area contributed by atoms with Crippen LogP contribution in [0, 0.1) is 5.92 Å². The molecule has 1 aliphatic rings. The van der Waals surface area contributed by atoms with Gasteiger partial charge in [0.15, 0.2) is 0 Å². The molecule has 0 aromatic heterocycles. The smallest absolute Gasteiger partial charge is 0.306 e. The zero-order valence-corrected chi connectivity index (χ0v) is 9.00. The Morgan fingerprint density at radius 1 is 1.19 bits per heavy atom. The molecule has 0 amide bonds. The molecule has 88 valence electrons. The second-order valence-electron chi connectivity index (χ2n) is 3.56. The second-order valence-corrected chi connectivity index (χ2v) is 3.56. The summed E-state index contributed by atoms with van der Waals surface area (Å²) in [7, 11) is 0. The Bertz CT molecular complexity index is 304. The van der Waals surface area contributed by atoms with Crippen LogP contribution in [0.2, 0.25) is 0 Å². The molecule has 0 radical (unpaired) electrons. The Hall–Kier alpha value is -1.55. The van der Waals surface area contributed by atoms with E-state index >= 15 is 0 Å². The van der Waals surface area contributed by atoms with Gasteiger partial charge in [0.1, 0.15) is 5.75 Å². The van der Waals surface area contributed by atoms with E-state index in [1.807, 2.05) is 6.07 Å². The van der Waals surface area contributed by atoms with Gasteiger partial charge in [-0.2, -0.15) is 0 Å². The number of aliphatic carboxylic acids is 1. The molecule has 4 heteroatoms. The number of carboxylic acids is 1. The minimum Gasteiger partial charge on any atom is -0.508 e. The van der Waals surface area contributed by atoms with Gasteiger partial charge in [-0.1, -0.05) is 18.2 Å². The van der Waals surface area contributed by atoms with Crippen molar-refractivity contribution >= 4 is 5.97 Å². The highest BCUT2D eigenvalue weighted by Crippen LogP contribution is 2.13. The number of ether oxygens (including phenoxy) is 1. The van der Waals surface area contributed by atoms with Crippen molar-refractivity contribution in [3.8, 4) is 5.75 Å². The summed E-state index contributed by atoms with van der Waals surface area (Å²) >= 11 is 0. The minimum atomic E-state index is -0.682. The number of hydrogen-bond acceptors (Lipinski definition) is 3. The zero-order valence-electron chi connectivity index (χ0n) is 9.00. The topological polar surface area (TPSA) is 66.8 Å². The van der Waals surface area contributed by atoms with Crippen LogP contribution in [0.4, 0.5) is 0 Å². The van der Waals surface area contributed by atoms with Crippen LogP contribution in [0.15, 0.2) is 30.3 Å². The first-order valence-corrected chi connectivity index (χ1v) is 5.24. The summed E-state index contributed by atoms with van der Waals surface area (Å²) in [4.78, 5) is 10.3. The predicted octanol–water partition coefficient (Wildman–Crippen LogP) is 1.89. The van der Waals surface area contributed by atoms with Gasteiger partial charge in [0, 0.05) is 13.2 Å². The molecule has 2 N–H and O–H groups in total. The molecule has 0 unspecified atom stereocenters. The van der Waals surface area contributed by atoms with Crippen LogP contribution in [-0.2, 0) is 9.53 Å². The van der Waals surface area contributed by atoms with E-state index in [-0.39, 0.29) is 5.92 Å². The molecule has 0 aliphatic carbocycles. The van der Waals surface area contributed by atoms with Crippen molar-refractivity contribution in [2.24, 2.45) is 5.92 Å². The number of rotatable bonds is 1. The van der Waals surface area contributed by atoms with Crippen LogP contribution in [0.3, 0.4) is 0 Å². The van der Waals surface area contributed by atoms with Gasteiger partial charge < -0.3 is 14.9 Å². The number of para-hydroxylation sites is 1. The van der Waals surface area contributed by atoms with Crippen LogP contribution < -0.4 is 0 Å². The Balaban J connectivity index is 0.000000165. The van der Waals surface area contributed by atoms with Crippen molar-refractivity contribution in [1.82, 2.24) is 0 Å². The van der Waals surface area contributed by atoms with E-state index in [1.54, 1.807) is 24.3 Å². The first kappa shape index (κ1) is 12.5. The summed E-state index contributed by atoms with van der Waals surface area (Å²) in [5.41, 5.74) is 0. The maximum Gasteiger partial charge on any atom is 0.306 e. The van der Waals surface area contributed by atoms with Crippen LogP contribution in [0.25, 0.3) is 0 Å². The fourth-order valence-corrected chi connectivity index (χ4v) is 1.37. The molecule has 16 heavy (non-hydrogen) atoms. The van der Waals surface area contributed by atoms with Crippen molar-refractivity contribution in [2.45, 2.75) is 12.8 Å². The van der Waals surface area contributed by atoms with Gasteiger partial charge in [0.05, 0.1) is 5.92 Å². The maximum atomic E-state index is 10.3. The molecule has 1 fully saturated rings. The summed E-state index contributed by atoms with van der Waals surface area (Å²) in [6.07, 6.45) is 1.35. The van der Waals surface area contributed by atoms with Gasteiger partial charge in [0.2, 0.25) is 0 Å². The maximum absolute atomic E-state index is 10.3. The monoisotopic (exact) mass is 224 g/mol.